The third-order valence-corrected chi connectivity index (χ3v) is 5.67. The summed E-state index contributed by atoms with van der Waals surface area (Å²) in [6.45, 7) is 13.0. The lowest BCUT2D eigenvalue weighted by atomic mass is 9.86. The summed E-state index contributed by atoms with van der Waals surface area (Å²) >= 11 is 0. The van der Waals surface area contributed by atoms with Crippen molar-refractivity contribution in [3.63, 3.8) is 0 Å². The zero-order valence-electron chi connectivity index (χ0n) is 18.2. The fraction of sp³-hybridized carbons (Fsp3) is 0.565. The van der Waals surface area contributed by atoms with Gasteiger partial charge in [0.15, 0.2) is 0 Å². The Balaban J connectivity index is 1.50. The van der Waals surface area contributed by atoms with Crippen LogP contribution in [0.2, 0.25) is 0 Å². The molecule has 6 nitrogen and oxygen atoms in total. The van der Waals surface area contributed by atoms with Crippen molar-refractivity contribution in [3.05, 3.63) is 53.9 Å². The molecule has 2 atom stereocenters. The number of amides is 2. The van der Waals surface area contributed by atoms with Gasteiger partial charge in [0, 0.05) is 51.2 Å². The molecular weight excluding hydrogens is 362 g/mol. The second-order valence-corrected chi connectivity index (χ2v) is 9.36. The Morgan fingerprint density at radius 2 is 1.93 bits per heavy atom. The quantitative estimate of drug-likeness (QED) is 0.754. The minimum atomic E-state index is -0.0883. The molecule has 2 aromatic rings. The first-order chi connectivity index (χ1) is 13.8. The van der Waals surface area contributed by atoms with E-state index in [9.17, 15) is 4.79 Å². The first-order valence-electron chi connectivity index (χ1n) is 10.6. The zero-order chi connectivity index (χ0) is 20.9. The van der Waals surface area contributed by atoms with E-state index in [-0.39, 0.29) is 17.5 Å². The lowest BCUT2D eigenvalue weighted by molar-refractivity contribution is 0.161. The molecule has 2 N–H and O–H groups in total. The van der Waals surface area contributed by atoms with Crippen LogP contribution in [0.1, 0.15) is 38.8 Å². The molecule has 3 rings (SSSR count). The molecule has 0 fully saturated rings. The lowest BCUT2D eigenvalue weighted by Gasteiger charge is -2.38. The first-order valence-corrected chi connectivity index (χ1v) is 10.6. The molecule has 0 saturated carbocycles. The number of benzene rings is 1. The summed E-state index contributed by atoms with van der Waals surface area (Å²) in [5, 5.41) is 10.5. The number of nitrogens with one attached hydrogen (secondary N) is 2. The third-order valence-electron chi connectivity index (χ3n) is 5.67. The maximum Gasteiger partial charge on any atom is 0.315 e. The number of rotatable bonds is 7. The topological polar surface area (TPSA) is 62.2 Å². The Hall–Kier alpha value is -2.34. The average Bonchev–Trinajstić information content (AvgIpc) is 3.18. The van der Waals surface area contributed by atoms with Crippen LogP contribution in [0.5, 0.6) is 0 Å². The van der Waals surface area contributed by atoms with Gasteiger partial charge in [-0.05, 0) is 34.9 Å². The van der Waals surface area contributed by atoms with Gasteiger partial charge in [-0.25, -0.2) is 4.79 Å². The molecule has 1 aromatic heterocycles. The number of hydrogen-bond acceptors (Lipinski definition) is 3. The van der Waals surface area contributed by atoms with Gasteiger partial charge in [-0.15, -0.1) is 0 Å². The average molecular weight is 398 g/mol. The van der Waals surface area contributed by atoms with Crippen molar-refractivity contribution in [1.29, 1.82) is 0 Å². The molecule has 6 heteroatoms. The van der Waals surface area contributed by atoms with E-state index in [4.69, 9.17) is 0 Å². The Labute approximate surface area is 174 Å². The molecule has 0 radical (unpaired) electrons. The summed E-state index contributed by atoms with van der Waals surface area (Å²) in [6, 6.07) is 10.6. The molecule has 2 amide bonds. The van der Waals surface area contributed by atoms with Crippen LogP contribution in [0.25, 0.3) is 0 Å². The van der Waals surface area contributed by atoms with Gasteiger partial charge in [-0.3, -0.25) is 9.58 Å². The fourth-order valence-electron chi connectivity index (χ4n) is 3.77. The standard InChI is InChI=1S/C23H35N5O/c1-18(15-28-12-7-11-25-28)14-24-22(29)26-21(23(2,3)4)17-27-13-10-19-8-5-6-9-20(19)16-27/h5-9,11-12,18,21H,10,13-17H2,1-4H3,(H2,24,26,29). The molecule has 2 heterocycles. The smallest absolute Gasteiger partial charge is 0.315 e. The normalized spacial score (nSPS) is 16.7. The van der Waals surface area contributed by atoms with E-state index in [0.717, 1.165) is 32.6 Å². The molecule has 1 aliphatic rings. The van der Waals surface area contributed by atoms with Gasteiger partial charge in [0.2, 0.25) is 0 Å². The Morgan fingerprint density at radius 1 is 1.17 bits per heavy atom. The van der Waals surface area contributed by atoms with Crippen LogP contribution in [0.3, 0.4) is 0 Å². The van der Waals surface area contributed by atoms with E-state index >= 15 is 0 Å². The lowest BCUT2D eigenvalue weighted by Crippen LogP contribution is -2.54. The van der Waals surface area contributed by atoms with E-state index in [1.54, 1.807) is 6.20 Å². The van der Waals surface area contributed by atoms with E-state index in [1.807, 2.05) is 16.9 Å². The van der Waals surface area contributed by atoms with Crippen molar-refractivity contribution in [2.24, 2.45) is 11.3 Å². The van der Waals surface area contributed by atoms with Crippen LogP contribution in [0, 0.1) is 11.3 Å². The number of carbonyl (C=O) groups is 1. The van der Waals surface area contributed by atoms with Crippen LogP contribution in [-0.2, 0) is 19.5 Å². The van der Waals surface area contributed by atoms with Crippen LogP contribution >= 0.6 is 0 Å². The maximum absolute atomic E-state index is 12.6. The first kappa shape index (κ1) is 21.4. The summed E-state index contributed by atoms with van der Waals surface area (Å²) in [4.78, 5) is 15.0. The minimum absolute atomic E-state index is 0.0189. The summed E-state index contributed by atoms with van der Waals surface area (Å²) < 4.78 is 1.90. The number of hydrogen-bond donors (Lipinski definition) is 2. The summed E-state index contributed by atoms with van der Waals surface area (Å²) in [5.74, 6) is 0.312. The van der Waals surface area contributed by atoms with Crippen molar-refractivity contribution in [2.45, 2.75) is 53.2 Å². The van der Waals surface area contributed by atoms with Crippen LogP contribution in [0.15, 0.2) is 42.7 Å². The molecule has 1 aliphatic heterocycles. The number of nitrogens with zero attached hydrogens (tertiary/aromatic N) is 3. The van der Waals surface area contributed by atoms with Gasteiger partial charge >= 0.3 is 6.03 Å². The Morgan fingerprint density at radius 3 is 2.62 bits per heavy atom. The maximum atomic E-state index is 12.6. The molecule has 0 saturated heterocycles. The van der Waals surface area contributed by atoms with Crippen LogP contribution in [-0.4, -0.2) is 46.4 Å². The van der Waals surface area contributed by atoms with Crippen molar-refractivity contribution >= 4 is 6.03 Å². The largest absolute Gasteiger partial charge is 0.338 e. The predicted octanol–water partition coefficient (Wildman–Crippen LogP) is 3.29. The third kappa shape index (κ3) is 6.32. The molecule has 2 unspecified atom stereocenters. The molecule has 0 spiro atoms. The molecule has 29 heavy (non-hydrogen) atoms. The highest BCUT2D eigenvalue weighted by Gasteiger charge is 2.29. The van der Waals surface area contributed by atoms with Crippen molar-refractivity contribution in [1.82, 2.24) is 25.3 Å². The molecular formula is C23H35N5O. The molecule has 1 aromatic carbocycles. The fourth-order valence-corrected chi connectivity index (χ4v) is 3.77. The molecule has 158 valence electrons. The van der Waals surface area contributed by atoms with Crippen molar-refractivity contribution in [2.75, 3.05) is 19.6 Å². The zero-order valence-corrected chi connectivity index (χ0v) is 18.2. The Kier molecular flexibility index (Phi) is 6.96. The number of urea groups is 1. The monoisotopic (exact) mass is 397 g/mol. The highest BCUT2D eigenvalue weighted by Crippen LogP contribution is 2.24. The number of fused-ring (bicyclic) bond motifs is 1. The summed E-state index contributed by atoms with van der Waals surface area (Å²) in [7, 11) is 0. The van der Waals surface area contributed by atoms with Gasteiger partial charge in [-0.2, -0.15) is 5.10 Å². The molecule has 0 bridgehead atoms. The summed E-state index contributed by atoms with van der Waals surface area (Å²) in [6.07, 6.45) is 4.80. The SMILES string of the molecule is CC(CNC(=O)NC(CN1CCc2ccccc2C1)C(C)(C)C)Cn1cccn1. The highest BCUT2D eigenvalue weighted by molar-refractivity contribution is 5.74. The second kappa shape index (κ2) is 9.44. The summed E-state index contributed by atoms with van der Waals surface area (Å²) in [5.41, 5.74) is 2.84. The minimum Gasteiger partial charge on any atom is -0.338 e. The predicted molar refractivity (Wildman–Crippen MR) is 117 cm³/mol. The van der Waals surface area contributed by atoms with Gasteiger partial charge in [-0.1, -0.05) is 52.0 Å². The number of carbonyl (C=O) groups excluding carboxylic acids is 1. The second-order valence-electron chi connectivity index (χ2n) is 9.36. The van der Waals surface area contributed by atoms with Gasteiger partial charge in [0.1, 0.15) is 0 Å². The van der Waals surface area contributed by atoms with Crippen molar-refractivity contribution in [3.8, 4) is 0 Å². The van der Waals surface area contributed by atoms with E-state index < -0.39 is 0 Å². The van der Waals surface area contributed by atoms with Gasteiger partial charge in [0.05, 0.1) is 0 Å². The van der Waals surface area contributed by atoms with E-state index in [2.05, 4.69) is 72.6 Å². The van der Waals surface area contributed by atoms with Gasteiger partial charge in [0.25, 0.3) is 0 Å². The number of aromatic nitrogens is 2. The highest BCUT2D eigenvalue weighted by atomic mass is 16.2. The van der Waals surface area contributed by atoms with E-state index in [1.165, 1.54) is 11.1 Å². The van der Waals surface area contributed by atoms with Crippen molar-refractivity contribution < 1.29 is 4.79 Å². The van der Waals surface area contributed by atoms with Crippen LogP contribution in [0.4, 0.5) is 4.79 Å². The van der Waals surface area contributed by atoms with Gasteiger partial charge < -0.3 is 10.6 Å². The van der Waals surface area contributed by atoms with E-state index in [0.29, 0.717) is 12.5 Å². The Bertz CT molecular complexity index is 781. The molecule has 0 aliphatic carbocycles. The van der Waals surface area contributed by atoms with Crippen LogP contribution < -0.4 is 10.6 Å².